The zero-order valence-electron chi connectivity index (χ0n) is 17.0. The van der Waals surface area contributed by atoms with Crippen molar-refractivity contribution in [2.45, 2.75) is 26.7 Å². The molecule has 0 aliphatic heterocycles. The molecular weight excluding hydrogens is 408 g/mol. The Hall–Kier alpha value is -3.83. The highest BCUT2D eigenvalue weighted by Gasteiger charge is 2.30. The van der Waals surface area contributed by atoms with Crippen molar-refractivity contribution in [3.05, 3.63) is 65.1 Å². The van der Waals surface area contributed by atoms with Gasteiger partial charge in [0.05, 0.1) is 33.2 Å². The monoisotopic (exact) mass is 426 g/mol. The van der Waals surface area contributed by atoms with Crippen molar-refractivity contribution in [2.24, 2.45) is 0 Å². The molecule has 0 saturated carbocycles. The summed E-state index contributed by atoms with van der Waals surface area (Å²) in [6, 6.07) is 13.7. The Balaban J connectivity index is 1.77. The number of rotatable bonds is 3. The Bertz CT molecular complexity index is 1360. The summed E-state index contributed by atoms with van der Waals surface area (Å²) >= 11 is 1.44. The number of thiazole rings is 1. The van der Waals surface area contributed by atoms with Gasteiger partial charge in [-0.05, 0) is 44.0 Å². The van der Waals surface area contributed by atoms with Crippen molar-refractivity contribution < 1.29 is 4.79 Å². The van der Waals surface area contributed by atoms with E-state index in [4.69, 9.17) is 5.10 Å². The summed E-state index contributed by atoms with van der Waals surface area (Å²) in [5.41, 5.74) is 6.95. The molecule has 0 unspecified atom stereocenters. The second kappa shape index (κ2) is 7.45. The molecule has 0 atom stereocenters. The molecule has 0 saturated heterocycles. The number of nitrogens with one attached hydrogen (secondary N) is 1. The largest absolute Gasteiger partial charge is 0.302 e. The molecule has 7 nitrogen and oxygen atoms in total. The van der Waals surface area contributed by atoms with E-state index in [9.17, 15) is 10.1 Å². The molecule has 31 heavy (non-hydrogen) atoms. The first-order valence-corrected chi connectivity index (χ1v) is 10.7. The SMILES string of the molecule is CC(=O)Nc1nc2c(s1)-c1c(c(-c3ccc(C)nc3)nn1-c1ccccc1C#N)CC2. The van der Waals surface area contributed by atoms with Gasteiger partial charge in [-0.25, -0.2) is 9.67 Å². The minimum atomic E-state index is -0.152. The Morgan fingerprint density at radius 3 is 2.81 bits per heavy atom. The molecule has 3 heterocycles. The Labute approximate surface area is 183 Å². The maximum absolute atomic E-state index is 11.6. The summed E-state index contributed by atoms with van der Waals surface area (Å²) in [5.74, 6) is -0.152. The highest BCUT2D eigenvalue weighted by molar-refractivity contribution is 7.19. The normalized spacial score (nSPS) is 12.0. The molecule has 0 radical (unpaired) electrons. The Morgan fingerprint density at radius 2 is 2.06 bits per heavy atom. The predicted molar refractivity (Wildman–Crippen MR) is 119 cm³/mol. The maximum atomic E-state index is 11.6. The van der Waals surface area contributed by atoms with E-state index in [1.165, 1.54) is 18.3 Å². The standard InChI is InChI=1S/C23H18N6OS/c1-13-7-8-16(12-25-13)20-17-9-10-18-22(31-23(27-18)26-14(2)30)21(17)29(28-20)19-6-4-3-5-15(19)11-24/h3-8,12H,9-10H2,1-2H3,(H,26,27,30). The average Bonchev–Trinajstić information content (AvgIpc) is 3.34. The number of aryl methyl sites for hydroxylation is 2. The van der Waals surface area contributed by atoms with Gasteiger partial charge in [0, 0.05) is 29.9 Å². The van der Waals surface area contributed by atoms with Crippen LogP contribution in [0.2, 0.25) is 0 Å². The number of aromatic nitrogens is 4. The second-order valence-electron chi connectivity index (χ2n) is 7.38. The van der Waals surface area contributed by atoms with Crippen LogP contribution in [-0.4, -0.2) is 25.7 Å². The van der Waals surface area contributed by atoms with Crippen molar-refractivity contribution in [1.82, 2.24) is 19.7 Å². The molecular formula is C23H18N6OS. The molecule has 4 aromatic rings. The van der Waals surface area contributed by atoms with Crippen molar-refractivity contribution >= 4 is 22.4 Å². The molecule has 1 aromatic carbocycles. The summed E-state index contributed by atoms with van der Waals surface area (Å²) in [6.45, 7) is 3.43. The molecule has 0 spiro atoms. The number of nitriles is 1. The first-order valence-electron chi connectivity index (χ1n) is 9.87. The van der Waals surface area contributed by atoms with Crippen LogP contribution in [0.1, 0.15) is 29.4 Å². The van der Waals surface area contributed by atoms with E-state index < -0.39 is 0 Å². The molecule has 8 heteroatoms. The van der Waals surface area contributed by atoms with Crippen molar-refractivity contribution in [1.29, 1.82) is 5.26 Å². The third-order valence-electron chi connectivity index (χ3n) is 5.23. The lowest BCUT2D eigenvalue weighted by Crippen LogP contribution is -2.07. The molecule has 1 aliphatic carbocycles. The number of amides is 1. The van der Waals surface area contributed by atoms with Gasteiger partial charge in [-0.3, -0.25) is 9.78 Å². The third kappa shape index (κ3) is 3.29. The number of anilines is 1. The van der Waals surface area contributed by atoms with Gasteiger partial charge in [-0.2, -0.15) is 10.4 Å². The van der Waals surface area contributed by atoms with Crippen LogP contribution >= 0.6 is 11.3 Å². The van der Waals surface area contributed by atoms with Crippen LogP contribution < -0.4 is 5.32 Å². The van der Waals surface area contributed by atoms with E-state index in [-0.39, 0.29) is 5.91 Å². The van der Waals surface area contributed by atoms with Crippen LogP contribution in [0, 0.1) is 18.3 Å². The fourth-order valence-corrected chi connectivity index (χ4v) is 4.96. The van der Waals surface area contributed by atoms with E-state index in [1.54, 1.807) is 6.07 Å². The number of hydrogen-bond donors (Lipinski definition) is 1. The number of carbonyl (C=O) groups is 1. The van der Waals surface area contributed by atoms with Gasteiger partial charge in [0.25, 0.3) is 0 Å². The smallest absolute Gasteiger partial charge is 0.223 e. The van der Waals surface area contributed by atoms with Crippen molar-refractivity contribution in [2.75, 3.05) is 5.32 Å². The molecule has 5 rings (SSSR count). The molecule has 0 bridgehead atoms. The quantitative estimate of drug-likeness (QED) is 0.527. The van der Waals surface area contributed by atoms with Crippen LogP contribution in [0.3, 0.4) is 0 Å². The highest BCUT2D eigenvalue weighted by Crippen LogP contribution is 2.44. The number of hydrogen-bond acceptors (Lipinski definition) is 6. The number of pyridine rings is 1. The maximum Gasteiger partial charge on any atom is 0.223 e. The summed E-state index contributed by atoms with van der Waals surface area (Å²) < 4.78 is 1.84. The van der Waals surface area contributed by atoms with Crippen LogP contribution in [-0.2, 0) is 17.6 Å². The molecule has 152 valence electrons. The van der Waals surface area contributed by atoms with Crippen molar-refractivity contribution in [3.8, 4) is 33.6 Å². The predicted octanol–water partition coefficient (Wildman–Crippen LogP) is 4.29. The van der Waals surface area contributed by atoms with E-state index in [2.05, 4.69) is 21.4 Å². The lowest BCUT2D eigenvalue weighted by atomic mass is 9.95. The van der Waals surface area contributed by atoms with Gasteiger partial charge in [0.1, 0.15) is 6.07 Å². The highest BCUT2D eigenvalue weighted by atomic mass is 32.1. The summed E-state index contributed by atoms with van der Waals surface area (Å²) in [6.07, 6.45) is 3.36. The lowest BCUT2D eigenvalue weighted by Gasteiger charge is -2.14. The van der Waals surface area contributed by atoms with E-state index >= 15 is 0 Å². The number of carbonyl (C=O) groups excluding carboxylic acids is 1. The van der Waals surface area contributed by atoms with Crippen LogP contribution in [0.5, 0.6) is 0 Å². The second-order valence-corrected chi connectivity index (χ2v) is 8.38. The van der Waals surface area contributed by atoms with E-state index in [0.29, 0.717) is 10.7 Å². The summed E-state index contributed by atoms with van der Waals surface area (Å²) in [5, 5.41) is 18.0. The first kappa shape index (κ1) is 19.2. The van der Waals surface area contributed by atoms with Gasteiger partial charge in [-0.1, -0.05) is 23.5 Å². The fourth-order valence-electron chi connectivity index (χ4n) is 3.84. The molecule has 1 amide bonds. The van der Waals surface area contributed by atoms with E-state index in [0.717, 1.165) is 57.3 Å². The zero-order chi connectivity index (χ0) is 21.5. The lowest BCUT2D eigenvalue weighted by molar-refractivity contribution is -0.114. The van der Waals surface area contributed by atoms with Crippen LogP contribution in [0.4, 0.5) is 5.13 Å². The van der Waals surface area contributed by atoms with Gasteiger partial charge in [-0.15, -0.1) is 0 Å². The first-order chi connectivity index (χ1) is 15.0. The number of para-hydroxylation sites is 1. The third-order valence-corrected chi connectivity index (χ3v) is 6.25. The summed E-state index contributed by atoms with van der Waals surface area (Å²) in [4.78, 5) is 21.6. The number of nitrogens with zero attached hydrogens (tertiary/aromatic N) is 5. The minimum absolute atomic E-state index is 0.152. The molecule has 1 N–H and O–H groups in total. The fraction of sp³-hybridized carbons (Fsp3) is 0.174. The average molecular weight is 427 g/mol. The zero-order valence-corrected chi connectivity index (χ0v) is 17.8. The van der Waals surface area contributed by atoms with Gasteiger partial charge < -0.3 is 5.32 Å². The van der Waals surface area contributed by atoms with E-state index in [1.807, 2.05) is 48.1 Å². The number of benzene rings is 1. The number of fused-ring (bicyclic) bond motifs is 3. The van der Waals surface area contributed by atoms with Gasteiger partial charge >= 0.3 is 0 Å². The van der Waals surface area contributed by atoms with Crippen molar-refractivity contribution in [3.63, 3.8) is 0 Å². The van der Waals surface area contributed by atoms with Gasteiger partial charge in [0.15, 0.2) is 5.13 Å². The topological polar surface area (TPSA) is 96.5 Å². The molecule has 1 aliphatic rings. The Morgan fingerprint density at radius 1 is 1.23 bits per heavy atom. The minimum Gasteiger partial charge on any atom is -0.302 e. The molecule has 3 aromatic heterocycles. The Kier molecular flexibility index (Phi) is 4.60. The van der Waals surface area contributed by atoms with Crippen LogP contribution in [0.15, 0.2) is 42.6 Å². The van der Waals surface area contributed by atoms with Gasteiger partial charge in [0.2, 0.25) is 5.91 Å². The van der Waals surface area contributed by atoms with Crippen LogP contribution in [0.25, 0.3) is 27.5 Å². The summed E-state index contributed by atoms with van der Waals surface area (Å²) in [7, 11) is 0. The molecule has 0 fully saturated rings.